The van der Waals surface area contributed by atoms with E-state index in [0.29, 0.717) is 12.0 Å². The van der Waals surface area contributed by atoms with Crippen LogP contribution < -0.4 is 22.0 Å². The van der Waals surface area contributed by atoms with Gasteiger partial charge in [0.2, 0.25) is 0 Å². The highest BCUT2D eigenvalue weighted by Crippen LogP contribution is 2.41. The van der Waals surface area contributed by atoms with Gasteiger partial charge < -0.3 is 5.84 Å². The van der Waals surface area contributed by atoms with Gasteiger partial charge in [0.15, 0.2) is 5.69 Å². The number of nitrogens with two attached hydrogens (primary N) is 1. The van der Waals surface area contributed by atoms with Gasteiger partial charge in [-0.15, -0.1) is 0 Å². The highest BCUT2D eigenvalue weighted by atomic mass is 35.5. The SMILES string of the molecule is CC(=O)OOc1nccc(Cc2ccccc2)c1Sc1cc(-n2c(=O)cc(C(F)(F)F)n(N)c2=O)c(F)cc1Cl. The maximum atomic E-state index is 15.0. The highest BCUT2D eigenvalue weighted by molar-refractivity contribution is 7.99. The van der Waals surface area contributed by atoms with Crippen molar-refractivity contribution >= 4 is 29.3 Å². The fourth-order valence-corrected chi connectivity index (χ4v) is 4.82. The van der Waals surface area contributed by atoms with Crippen molar-refractivity contribution in [3.63, 3.8) is 0 Å². The Balaban J connectivity index is 1.85. The van der Waals surface area contributed by atoms with Gasteiger partial charge in [0.05, 0.1) is 15.6 Å². The Bertz CT molecular complexity index is 1710. The molecule has 9 nitrogen and oxygen atoms in total. The van der Waals surface area contributed by atoms with Crippen LogP contribution in [0.2, 0.25) is 5.02 Å². The Morgan fingerprint density at radius 1 is 1.12 bits per heavy atom. The molecular formula is C25H17ClF4N4O5S. The summed E-state index contributed by atoms with van der Waals surface area (Å²) in [6, 6.07) is 12.7. The molecule has 2 aromatic carbocycles. The van der Waals surface area contributed by atoms with Crippen LogP contribution in [0.5, 0.6) is 5.88 Å². The molecule has 0 radical (unpaired) electrons. The molecular weight excluding hydrogens is 580 g/mol. The Hall–Kier alpha value is -4.30. The van der Waals surface area contributed by atoms with E-state index in [1.165, 1.54) is 6.20 Å². The quantitative estimate of drug-likeness (QED) is 0.143. The molecule has 2 heterocycles. The lowest BCUT2D eigenvalue weighted by Crippen LogP contribution is -2.45. The smallest absolute Gasteiger partial charge is 0.335 e. The molecule has 0 atom stereocenters. The lowest BCUT2D eigenvalue weighted by Gasteiger charge is -2.16. The number of halogens is 5. The summed E-state index contributed by atoms with van der Waals surface area (Å²) in [7, 11) is 0. The summed E-state index contributed by atoms with van der Waals surface area (Å²) in [6.07, 6.45) is -3.35. The van der Waals surface area contributed by atoms with Gasteiger partial charge >= 0.3 is 17.8 Å². The van der Waals surface area contributed by atoms with Crippen molar-refractivity contribution < 1.29 is 32.1 Å². The van der Waals surface area contributed by atoms with Gasteiger partial charge in [-0.1, -0.05) is 53.7 Å². The Kier molecular flexibility index (Phi) is 8.21. The van der Waals surface area contributed by atoms with Gasteiger partial charge in [0.25, 0.3) is 11.4 Å². The van der Waals surface area contributed by atoms with Crippen LogP contribution in [0.25, 0.3) is 5.69 Å². The van der Waals surface area contributed by atoms with Crippen LogP contribution in [-0.2, 0) is 22.3 Å². The van der Waals surface area contributed by atoms with E-state index in [1.807, 2.05) is 30.3 Å². The topological polar surface area (TPSA) is 118 Å². The molecule has 40 heavy (non-hydrogen) atoms. The highest BCUT2D eigenvalue weighted by Gasteiger charge is 2.36. The zero-order chi connectivity index (χ0) is 29.2. The monoisotopic (exact) mass is 596 g/mol. The number of rotatable bonds is 7. The number of carbonyl (C=O) groups excluding carboxylic acids is 1. The molecule has 208 valence electrons. The predicted octanol–water partition coefficient (Wildman–Crippen LogP) is 4.52. The number of nitrogen functional groups attached to an aromatic ring is 1. The molecule has 2 N–H and O–H groups in total. The van der Waals surface area contributed by atoms with Crippen molar-refractivity contribution in [2.45, 2.75) is 29.3 Å². The van der Waals surface area contributed by atoms with E-state index >= 15 is 0 Å². The minimum atomic E-state index is -5.11. The van der Waals surface area contributed by atoms with Crippen molar-refractivity contribution in [2.24, 2.45) is 0 Å². The third-order valence-corrected chi connectivity index (χ3v) is 6.93. The molecule has 4 aromatic rings. The normalized spacial score (nSPS) is 11.3. The number of alkyl halides is 3. The number of hydrogen-bond donors (Lipinski definition) is 1. The lowest BCUT2D eigenvalue weighted by molar-refractivity contribution is -0.213. The van der Waals surface area contributed by atoms with Crippen LogP contribution >= 0.6 is 23.4 Å². The molecule has 0 aliphatic carbocycles. The molecule has 0 aliphatic rings. The summed E-state index contributed by atoms with van der Waals surface area (Å²) in [4.78, 5) is 50.7. The number of pyridine rings is 1. The number of nitrogens with zero attached hydrogens (tertiary/aromatic N) is 3. The molecule has 0 fully saturated rings. The maximum absolute atomic E-state index is 15.0. The van der Waals surface area contributed by atoms with E-state index in [2.05, 4.69) is 9.87 Å². The van der Waals surface area contributed by atoms with Gasteiger partial charge in [0, 0.05) is 24.1 Å². The molecule has 4 rings (SSSR count). The first-order valence-electron chi connectivity index (χ1n) is 11.1. The van der Waals surface area contributed by atoms with Gasteiger partial charge in [-0.05, 0) is 35.7 Å². The van der Waals surface area contributed by atoms with Crippen LogP contribution in [0.3, 0.4) is 0 Å². The van der Waals surface area contributed by atoms with Gasteiger partial charge in [-0.25, -0.2) is 33.1 Å². The molecule has 15 heteroatoms. The third kappa shape index (κ3) is 6.13. The summed E-state index contributed by atoms with van der Waals surface area (Å²) in [6.45, 7) is 1.11. The molecule has 0 bridgehead atoms. The molecule has 0 spiro atoms. The number of hydrogen-bond acceptors (Lipinski definition) is 8. The average molecular weight is 597 g/mol. The molecule has 0 amide bonds. The molecule has 0 saturated carbocycles. The number of carbonyl (C=O) groups is 1. The maximum Gasteiger partial charge on any atom is 0.433 e. The molecule has 2 aromatic heterocycles. The van der Waals surface area contributed by atoms with E-state index in [-0.39, 0.29) is 36.0 Å². The second-order valence-corrected chi connectivity index (χ2v) is 9.57. The van der Waals surface area contributed by atoms with Crippen molar-refractivity contribution in [1.82, 2.24) is 14.2 Å². The van der Waals surface area contributed by atoms with Crippen LogP contribution in [0, 0.1) is 5.82 Å². The zero-order valence-corrected chi connectivity index (χ0v) is 21.8. The lowest BCUT2D eigenvalue weighted by atomic mass is 10.1. The summed E-state index contributed by atoms with van der Waals surface area (Å²) in [5.74, 6) is 3.20. The fourth-order valence-electron chi connectivity index (χ4n) is 3.56. The van der Waals surface area contributed by atoms with Crippen LogP contribution in [0.4, 0.5) is 17.6 Å². The second-order valence-electron chi connectivity index (χ2n) is 8.11. The Morgan fingerprint density at radius 3 is 2.48 bits per heavy atom. The first-order valence-corrected chi connectivity index (χ1v) is 12.3. The van der Waals surface area contributed by atoms with Gasteiger partial charge in [0.1, 0.15) is 5.82 Å². The Labute approximate surface area is 231 Å². The van der Waals surface area contributed by atoms with Crippen molar-refractivity contribution in [2.75, 3.05) is 5.84 Å². The van der Waals surface area contributed by atoms with E-state index in [4.69, 9.17) is 22.3 Å². The average Bonchev–Trinajstić information content (AvgIpc) is 2.88. The standard InChI is InChI=1S/C25H17ClF4N4O5S/c1-13(35)38-39-23-22(15(7-8-32-23)9-14-5-3-2-4-6-14)40-19-11-18(17(27)10-16(19)26)33-21(36)12-20(25(28,29)30)34(31)24(33)37/h2-8,10-12H,9,31H2,1H3. The second kappa shape index (κ2) is 11.4. The summed E-state index contributed by atoms with van der Waals surface area (Å²) < 4.78 is 54.4. The van der Waals surface area contributed by atoms with Crippen LogP contribution in [-0.4, -0.2) is 20.2 Å². The minimum absolute atomic E-state index is 0.0582. The zero-order valence-electron chi connectivity index (χ0n) is 20.2. The van der Waals surface area contributed by atoms with E-state index in [9.17, 15) is 31.9 Å². The summed E-state index contributed by atoms with van der Waals surface area (Å²) >= 11 is 7.14. The van der Waals surface area contributed by atoms with Crippen molar-refractivity contribution in [3.8, 4) is 11.6 Å². The predicted molar refractivity (Wildman–Crippen MR) is 136 cm³/mol. The van der Waals surface area contributed by atoms with E-state index < -0.39 is 40.6 Å². The molecule has 0 unspecified atom stereocenters. The fraction of sp³-hybridized carbons (Fsp3) is 0.120. The first-order chi connectivity index (χ1) is 18.9. The van der Waals surface area contributed by atoms with Crippen LogP contribution in [0.1, 0.15) is 23.7 Å². The largest absolute Gasteiger partial charge is 0.433 e. The minimum Gasteiger partial charge on any atom is -0.335 e. The van der Waals surface area contributed by atoms with Gasteiger partial charge in [-0.2, -0.15) is 13.2 Å². The van der Waals surface area contributed by atoms with E-state index in [0.717, 1.165) is 36.4 Å². The number of benzene rings is 2. The van der Waals surface area contributed by atoms with E-state index in [1.54, 1.807) is 6.07 Å². The van der Waals surface area contributed by atoms with Crippen molar-refractivity contribution in [3.05, 3.63) is 109 Å². The van der Waals surface area contributed by atoms with Crippen molar-refractivity contribution in [1.29, 1.82) is 0 Å². The van der Waals surface area contributed by atoms with Gasteiger partial charge in [-0.3, -0.25) is 9.68 Å². The van der Waals surface area contributed by atoms with Crippen LogP contribution in [0.15, 0.2) is 80.2 Å². The third-order valence-electron chi connectivity index (χ3n) is 5.31. The summed E-state index contributed by atoms with van der Waals surface area (Å²) in [5, 5.41) is -0.174. The molecule has 0 aliphatic heterocycles. The Morgan fingerprint density at radius 2 is 1.82 bits per heavy atom. The number of aromatic nitrogens is 3. The summed E-state index contributed by atoms with van der Waals surface area (Å²) in [5.41, 5.74) is -4.02. The first kappa shape index (κ1) is 28.7. The molecule has 0 saturated heterocycles.